The van der Waals surface area contributed by atoms with E-state index in [0.29, 0.717) is 11.4 Å². The molecule has 0 unspecified atom stereocenters. The first-order valence-electron chi connectivity index (χ1n) is 4.57. The number of pyridine rings is 1. The van der Waals surface area contributed by atoms with Crippen molar-refractivity contribution in [2.45, 2.75) is 6.92 Å². The predicted octanol–water partition coefficient (Wildman–Crippen LogP) is 2.16. The van der Waals surface area contributed by atoms with Crippen molar-refractivity contribution in [3.63, 3.8) is 0 Å². The molecule has 0 atom stereocenters. The van der Waals surface area contributed by atoms with Crippen LogP contribution >= 0.6 is 12.6 Å². The van der Waals surface area contributed by atoms with Gasteiger partial charge in [-0.25, -0.2) is 0 Å². The molecule has 1 rings (SSSR count). The largest absolute Gasteiger partial charge is 0.481 e. The topological polar surface area (TPSA) is 65.3 Å². The van der Waals surface area contributed by atoms with Gasteiger partial charge < -0.3 is 14.9 Å². The summed E-state index contributed by atoms with van der Waals surface area (Å²) in [5.74, 6) is 0.359. The summed E-state index contributed by atoms with van der Waals surface area (Å²) in [6.45, 7) is 5.58. The van der Waals surface area contributed by atoms with Crippen molar-refractivity contribution >= 4 is 18.4 Å². The first-order chi connectivity index (χ1) is 7.54. The molecule has 16 heavy (non-hydrogen) atoms. The second-order valence-corrected chi connectivity index (χ2v) is 3.54. The molecule has 0 N–H and O–H groups in total. The highest BCUT2D eigenvalue weighted by Crippen LogP contribution is 2.24. The number of rotatable bonds is 5. The van der Waals surface area contributed by atoms with Crippen LogP contribution < -0.4 is 4.74 Å². The van der Waals surface area contributed by atoms with Gasteiger partial charge in [-0.2, -0.15) is 12.6 Å². The zero-order valence-corrected chi connectivity index (χ0v) is 9.74. The normalized spacial score (nSPS) is 9.88. The molecule has 0 fully saturated rings. The van der Waals surface area contributed by atoms with E-state index in [1.807, 2.05) is 0 Å². The van der Waals surface area contributed by atoms with E-state index in [1.165, 1.54) is 6.07 Å². The van der Waals surface area contributed by atoms with Crippen LogP contribution in [0.25, 0.3) is 0 Å². The summed E-state index contributed by atoms with van der Waals surface area (Å²) in [4.78, 5) is 14.0. The molecule has 0 aromatic carbocycles. The van der Waals surface area contributed by atoms with E-state index in [2.05, 4.69) is 24.2 Å². The lowest BCUT2D eigenvalue weighted by molar-refractivity contribution is -0.390. The van der Waals surface area contributed by atoms with Crippen molar-refractivity contribution in [2.75, 3.05) is 12.4 Å². The molecule has 1 heterocycles. The van der Waals surface area contributed by atoms with Crippen LogP contribution in [0.3, 0.4) is 0 Å². The first-order valence-corrected chi connectivity index (χ1v) is 5.20. The number of aromatic nitrogens is 1. The standard InChI is InChI=1S/C10H12N2O3S/c1-7(6-16)5-15-9-4-3-8(2)11-10(9)12(13)14/h3-4,16H,1,5-6H2,2H3. The minimum Gasteiger partial charge on any atom is -0.481 e. The average molecular weight is 240 g/mol. The Morgan fingerprint density at radius 3 is 2.94 bits per heavy atom. The molecular formula is C10H12N2O3S. The van der Waals surface area contributed by atoms with Crippen molar-refractivity contribution in [3.05, 3.63) is 40.1 Å². The number of ether oxygens (including phenoxy) is 1. The first kappa shape index (κ1) is 12.5. The van der Waals surface area contributed by atoms with Crippen LogP contribution in [-0.2, 0) is 0 Å². The van der Waals surface area contributed by atoms with E-state index in [0.717, 1.165) is 5.57 Å². The van der Waals surface area contributed by atoms with Gasteiger partial charge in [0.1, 0.15) is 12.3 Å². The molecule has 0 aliphatic carbocycles. The molecule has 0 bridgehead atoms. The van der Waals surface area contributed by atoms with Gasteiger partial charge >= 0.3 is 5.82 Å². The van der Waals surface area contributed by atoms with E-state index in [-0.39, 0.29) is 18.2 Å². The lowest BCUT2D eigenvalue weighted by atomic mass is 10.3. The zero-order chi connectivity index (χ0) is 12.1. The molecule has 0 spiro atoms. The molecule has 0 saturated carbocycles. The van der Waals surface area contributed by atoms with Crippen molar-refractivity contribution in [1.82, 2.24) is 4.98 Å². The molecule has 6 heteroatoms. The Bertz CT molecular complexity index is 421. The van der Waals surface area contributed by atoms with Crippen LogP contribution in [0.2, 0.25) is 0 Å². The maximum Gasteiger partial charge on any atom is 0.406 e. The van der Waals surface area contributed by atoms with Crippen LogP contribution in [-0.4, -0.2) is 22.3 Å². The van der Waals surface area contributed by atoms with Gasteiger partial charge in [-0.1, -0.05) is 6.58 Å². The molecule has 86 valence electrons. The number of hydrogen-bond acceptors (Lipinski definition) is 5. The summed E-state index contributed by atoms with van der Waals surface area (Å²) < 4.78 is 5.25. The molecule has 5 nitrogen and oxygen atoms in total. The molecule has 1 aromatic heterocycles. The van der Waals surface area contributed by atoms with Gasteiger partial charge in [-0.05, 0) is 27.6 Å². The Hall–Kier alpha value is -1.56. The van der Waals surface area contributed by atoms with Gasteiger partial charge in [0.2, 0.25) is 5.75 Å². The highest BCUT2D eigenvalue weighted by Gasteiger charge is 2.17. The highest BCUT2D eigenvalue weighted by atomic mass is 32.1. The number of nitro groups is 1. The molecule has 0 radical (unpaired) electrons. The average Bonchev–Trinajstić information content (AvgIpc) is 2.26. The number of thiol groups is 1. The summed E-state index contributed by atoms with van der Waals surface area (Å²) in [5.41, 5.74) is 1.32. The van der Waals surface area contributed by atoms with E-state index in [1.54, 1.807) is 13.0 Å². The van der Waals surface area contributed by atoms with E-state index in [4.69, 9.17) is 4.74 Å². The van der Waals surface area contributed by atoms with E-state index >= 15 is 0 Å². The fraction of sp³-hybridized carbons (Fsp3) is 0.300. The van der Waals surface area contributed by atoms with Crippen molar-refractivity contribution in [1.29, 1.82) is 0 Å². The Balaban J connectivity index is 2.87. The number of hydrogen-bond donors (Lipinski definition) is 1. The zero-order valence-electron chi connectivity index (χ0n) is 8.84. The molecule has 1 aromatic rings. The summed E-state index contributed by atoms with van der Waals surface area (Å²) in [6, 6.07) is 3.19. The summed E-state index contributed by atoms with van der Waals surface area (Å²) >= 11 is 4.02. The van der Waals surface area contributed by atoms with E-state index < -0.39 is 4.92 Å². The third-order valence-electron chi connectivity index (χ3n) is 1.81. The summed E-state index contributed by atoms with van der Waals surface area (Å²) in [7, 11) is 0. The van der Waals surface area contributed by atoms with Crippen molar-refractivity contribution in [3.8, 4) is 5.75 Å². The molecule has 0 aliphatic heterocycles. The Morgan fingerprint density at radius 2 is 2.38 bits per heavy atom. The van der Waals surface area contributed by atoms with Crippen molar-refractivity contribution in [2.24, 2.45) is 0 Å². The monoisotopic (exact) mass is 240 g/mol. The smallest absolute Gasteiger partial charge is 0.406 e. The van der Waals surface area contributed by atoms with Gasteiger partial charge in [-0.3, -0.25) is 0 Å². The maximum atomic E-state index is 10.7. The lowest BCUT2D eigenvalue weighted by Crippen LogP contribution is -2.05. The second kappa shape index (κ2) is 5.50. The van der Waals surface area contributed by atoms with Crippen molar-refractivity contribution < 1.29 is 9.66 Å². The third kappa shape index (κ3) is 3.23. The van der Waals surface area contributed by atoms with Gasteiger partial charge in [0.25, 0.3) is 0 Å². The van der Waals surface area contributed by atoms with Crippen LogP contribution in [0.1, 0.15) is 5.69 Å². The van der Waals surface area contributed by atoms with Gasteiger partial charge in [-0.15, -0.1) is 0 Å². The highest BCUT2D eigenvalue weighted by molar-refractivity contribution is 7.80. The summed E-state index contributed by atoms with van der Waals surface area (Å²) in [5, 5.41) is 10.7. The predicted molar refractivity (Wildman–Crippen MR) is 64.1 cm³/mol. The minimum atomic E-state index is -0.564. The lowest BCUT2D eigenvalue weighted by Gasteiger charge is -2.06. The fourth-order valence-electron chi connectivity index (χ4n) is 0.999. The van der Waals surface area contributed by atoms with Gasteiger partial charge in [0.05, 0.1) is 0 Å². The van der Waals surface area contributed by atoms with Crippen LogP contribution in [0.4, 0.5) is 5.82 Å². The minimum absolute atomic E-state index is 0.151. The van der Waals surface area contributed by atoms with Crippen LogP contribution in [0, 0.1) is 17.0 Å². The molecule has 0 aliphatic rings. The number of aryl methyl sites for hydroxylation is 1. The Morgan fingerprint density at radius 1 is 1.69 bits per heavy atom. The van der Waals surface area contributed by atoms with Crippen LogP contribution in [0.15, 0.2) is 24.3 Å². The summed E-state index contributed by atoms with van der Waals surface area (Å²) in [6.07, 6.45) is 0. The van der Waals surface area contributed by atoms with Gasteiger partial charge in [0.15, 0.2) is 0 Å². The quantitative estimate of drug-likeness (QED) is 0.371. The fourth-order valence-corrected chi connectivity index (χ4v) is 1.09. The number of nitrogens with zero attached hydrogens (tertiary/aromatic N) is 2. The van der Waals surface area contributed by atoms with E-state index in [9.17, 15) is 10.1 Å². The second-order valence-electron chi connectivity index (χ2n) is 3.23. The maximum absolute atomic E-state index is 10.7. The SMILES string of the molecule is C=C(CS)COc1ccc(C)nc1[N+](=O)[O-]. The molecular weight excluding hydrogens is 228 g/mol. The Labute approximate surface area is 98.7 Å². The van der Waals surface area contributed by atoms with Crippen LogP contribution in [0.5, 0.6) is 5.75 Å². The Kier molecular flexibility index (Phi) is 4.30. The van der Waals surface area contributed by atoms with Gasteiger partial charge in [0, 0.05) is 12.7 Å². The molecule has 0 amide bonds. The molecule has 0 saturated heterocycles. The third-order valence-corrected chi connectivity index (χ3v) is 2.25.